The standard InChI is InChI=1S/C26H34N4O2/c1-20-21(2)26(32-3)9-8-22(20)17-29-14-13-28(18-24(29)10-15-31)19-25-7-5-12-30(25)23-6-4-11-27-16-23/h4-9,11-12,16,24,31H,10,13-15,17-19H2,1-3H3/t24-/m0/s1. The van der Waals surface area contributed by atoms with Crippen molar-refractivity contribution in [2.45, 2.75) is 39.4 Å². The van der Waals surface area contributed by atoms with E-state index in [4.69, 9.17) is 4.74 Å². The van der Waals surface area contributed by atoms with Crippen molar-refractivity contribution in [3.05, 3.63) is 77.4 Å². The van der Waals surface area contributed by atoms with Crippen molar-refractivity contribution in [3.8, 4) is 11.4 Å². The molecule has 4 rings (SSSR count). The number of rotatable bonds is 8. The monoisotopic (exact) mass is 434 g/mol. The zero-order valence-electron chi connectivity index (χ0n) is 19.4. The summed E-state index contributed by atoms with van der Waals surface area (Å²) in [6, 6.07) is 12.9. The average Bonchev–Trinajstić information content (AvgIpc) is 3.27. The van der Waals surface area contributed by atoms with Crippen LogP contribution in [0.1, 0.15) is 28.8 Å². The van der Waals surface area contributed by atoms with Crippen molar-refractivity contribution in [2.24, 2.45) is 0 Å². The molecule has 0 radical (unpaired) electrons. The molecule has 6 nitrogen and oxygen atoms in total. The van der Waals surface area contributed by atoms with Gasteiger partial charge in [-0.2, -0.15) is 0 Å². The lowest BCUT2D eigenvalue weighted by Crippen LogP contribution is -2.52. The first-order valence-electron chi connectivity index (χ1n) is 11.4. The van der Waals surface area contributed by atoms with Gasteiger partial charge < -0.3 is 14.4 Å². The Balaban J connectivity index is 1.45. The van der Waals surface area contributed by atoms with Crippen LogP contribution in [0.4, 0.5) is 0 Å². The summed E-state index contributed by atoms with van der Waals surface area (Å²) in [6.45, 7) is 9.25. The molecule has 0 amide bonds. The number of hydrogen-bond donors (Lipinski definition) is 1. The fourth-order valence-electron chi connectivity index (χ4n) is 4.72. The first kappa shape index (κ1) is 22.5. The summed E-state index contributed by atoms with van der Waals surface area (Å²) < 4.78 is 7.69. The van der Waals surface area contributed by atoms with Crippen LogP contribution in [0.5, 0.6) is 5.75 Å². The number of piperazine rings is 1. The molecule has 170 valence electrons. The summed E-state index contributed by atoms with van der Waals surface area (Å²) in [6.07, 6.45) is 6.59. The highest BCUT2D eigenvalue weighted by Gasteiger charge is 2.27. The maximum Gasteiger partial charge on any atom is 0.122 e. The number of aromatic nitrogens is 2. The zero-order valence-corrected chi connectivity index (χ0v) is 19.4. The molecular weight excluding hydrogens is 400 g/mol. The molecule has 0 aliphatic carbocycles. The van der Waals surface area contributed by atoms with Crippen LogP contribution >= 0.6 is 0 Å². The minimum Gasteiger partial charge on any atom is -0.496 e. The molecular formula is C26H34N4O2. The lowest BCUT2D eigenvalue weighted by Gasteiger charge is -2.41. The van der Waals surface area contributed by atoms with E-state index in [9.17, 15) is 5.11 Å². The molecule has 32 heavy (non-hydrogen) atoms. The first-order valence-corrected chi connectivity index (χ1v) is 11.4. The molecule has 0 unspecified atom stereocenters. The number of aliphatic hydroxyl groups is 1. The van der Waals surface area contributed by atoms with Crippen molar-refractivity contribution in [1.29, 1.82) is 0 Å². The summed E-state index contributed by atoms with van der Waals surface area (Å²) in [5.41, 5.74) is 6.19. The third-order valence-corrected chi connectivity index (χ3v) is 6.74. The summed E-state index contributed by atoms with van der Waals surface area (Å²) in [7, 11) is 1.72. The Morgan fingerprint density at radius 2 is 1.94 bits per heavy atom. The van der Waals surface area contributed by atoms with Crippen LogP contribution in [0.3, 0.4) is 0 Å². The van der Waals surface area contributed by atoms with Crippen LogP contribution in [0.25, 0.3) is 5.69 Å². The quantitative estimate of drug-likeness (QED) is 0.588. The van der Waals surface area contributed by atoms with Crippen LogP contribution in [0.2, 0.25) is 0 Å². The fraction of sp³-hybridized carbons (Fsp3) is 0.423. The Kier molecular flexibility index (Phi) is 7.25. The molecule has 0 spiro atoms. The number of ether oxygens (including phenoxy) is 1. The van der Waals surface area contributed by atoms with E-state index in [1.165, 1.54) is 22.4 Å². The topological polar surface area (TPSA) is 53.8 Å². The molecule has 3 aromatic rings. The van der Waals surface area contributed by atoms with Gasteiger partial charge in [-0.05, 0) is 67.3 Å². The second-order valence-electron chi connectivity index (χ2n) is 8.63. The molecule has 2 aromatic heterocycles. The number of benzene rings is 1. The average molecular weight is 435 g/mol. The van der Waals surface area contributed by atoms with E-state index in [1.54, 1.807) is 13.3 Å². The van der Waals surface area contributed by atoms with Crippen LogP contribution in [-0.2, 0) is 13.1 Å². The van der Waals surface area contributed by atoms with Crippen LogP contribution < -0.4 is 4.74 Å². The van der Waals surface area contributed by atoms with Gasteiger partial charge in [0.1, 0.15) is 5.75 Å². The van der Waals surface area contributed by atoms with Crippen LogP contribution in [0, 0.1) is 13.8 Å². The van der Waals surface area contributed by atoms with E-state index in [-0.39, 0.29) is 6.61 Å². The number of methoxy groups -OCH3 is 1. The van der Waals surface area contributed by atoms with Gasteiger partial charge in [0.05, 0.1) is 19.0 Å². The summed E-state index contributed by atoms with van der Waals surface area (Å²) in [5.74, 6) is 0.944. The normalized spacial score (nSPS) is 17.6. The second kappa shape index (κ2) is 10.3. The van der Waals surface area contributed by atoms with Gasteiger partial charge in [0.15, 0.2) is 0 Å². The highest BCUT2D eigenvalue weighted by Crippen LogP contribution is 2.27. The van der Waals surface area contributed by atoms with Crippen molar-refractivity contribution in [1.82, 2.24) is 19.4 Å². The van der Waals surface area contributed by atoms with Crippen molar-refractivity contribution in [2.75, 3.05) is 33.4 Å². The SMILES string of the molecule is COc1ccc(CN2CCN(Cc3cccn3-c3cccnc3)C[C@@H]2CCO)c(C)c1C. The molecule has 3 heterocycles. The fourth-order valence-corrected chi connectivity index (χ4v) is 4.72. The number of nitrogens with zero attached hydrogens (tertiary/aromatic N) is 4. The third kappa shape index (κ3) is 4.88. The Hall–Kier alpha value is -2.67. The Morgan fingerprint density at radius 3 is 2.69 bits per heavy atom. The molecule has 1 saturated heterocycles. The van der Waals surface area contributed by atoms with E-state index in [2.05, 4.69) is 69.7 Å². The lowest BCUT2D eigenvalue weighted by molar-refractivity contribution is 0.0490. The minimum absolute atomic E-state index is 0.210. The molecule has 1 aliphatic rings. The summed E-state index contributed by atoms with van der Waals surface area (Å²) >= 11 is 0. The van der Waals surface area contributed by atoms with E-state index >= 15 is 0 Å². The summed E-state index contributed by atoms with van der Waals surface area (Å²) in [4.78, 5) is 9.30. The van der Waals surface area contributed by atoms with Gasteiger partial charge in [0.2, 0.25) is 0 Å². The predicted molar refractivity (Wildman–Crippen MR) is 127 cm³/mol. The third-order valence-electron chi connectivity index (χ3n) is 6.74. The van der Waals surface area contributed by atoms with Crippen molar-refractivity contribution >= 4 is 0 Å². The van der Waals surface area contributed by atoms with Gasteiger partial charge in [0, 0.05) is 63.5 Å². The molecule has 1 fully saturated rings. The lowest BCUT2D eigenvalue weighted by atomic mass is 10.00. The van der Waals surface area contributed by atoms with Gasteiger partial charge in [-0.3, -0.25) is 14.8 Å². The molecule has 1 aromatic carbocycles. The Morgan fingerprint density at radius 1 is 1.06 bits per heavy atom. The highest BCUT2D eigenvalue weighted by atomic mass is 16.5. The molecule has 0 saturated carbocycles. The van der Waals surface area contributed by atoms with Gasteiger partial charge in [-0.15, -0.1) is 0 Å². The van der Waals surface area contributed by atoms with Crippen LogP contribution in [-0.4, -0.2) is 63.9 Å². The molecule has 1 aliphatic heterocycles. The molecule has 1 atom stereocenters. The van der Waals surface area contributed by atoms with E-state index in [1.807, 2.05) is 12.3 Å². The first-order chi connectivity index (χ1) is 15.6. The maximum absolute atomic E-state index is 9.73. The highest BCUT2D eigenvalue weighted by molar-refractivity contribution is 5.43. The van der Waals surface area contributed by atoms with E-state index in [0.29, 0.717) is 6.04 Å². The number of pyridine rings is 1. The number of aliphatic hydroxyl groups excluding tert-OH is 1. The van der Waals surface area contributed by atoms with Gasteiger partial charge in [-0.1, -0.05) is 6.07 Å². The van der Waals surface area contributed by atoms with Gasteiger partial charge >= 0.3 is 0 Å². The second-order valence-corrected chi connectivity index (χ2v) is 8.63. The Bertz CT molecular complexity index is 1020. The number of hydrogen-bond acceptors (Lipinski definition) is 5. The minimum atomic E-state index is 0.210. The molecule has 1 N–H and O–H groups in total. The van der Waals surface area contributed by atoms with E-state index in [0.717, 1.165) is 50.6 Å². The molecule has 6 heteroatoms. The van der Waals surface area contributed by atoms with Gasteiger partial charge in [-0.25, -0.2) is 0 Å². The van der Waals surface area contributed by atoms with Crippen molar-refractivity contribution < 1.29 is 9.84 Å². The van der Waals surface area contributed by atoms with Crippen LogP contribution in [0.15, 0.2) is 55.0 Å². The zero-order chi connectivity index (χ0) is 22.5. The largest absolute Gasteiger partial charge is 0.496 e. The van der Waals surface area contributed by atoms with E-state index < -0.39 is 0 Å². The predicted octanol–water partition coefficient (Wildman–Crippen LogP) is 3.57. The Labute approximate surface area is 191 Å². The maximum atomic E-state index is 9.73. The summed E-state index contributed by atoms with van der Waals surface area (Å²) in [5, 5.41) is 9.73. The van der Waals surface area contributed by atoms with Crippen molar-refractivity contribution in [3.63, 3.8) is 0 Å². The van der Waals surface area contributed by atoms with Gasteiger partial charge in [0.25, 0.3) is 0 Å². The molecule has 0 bridgehead atoms. The smallest absolute Gasteiger partial charge is 0.122 e.